The molecule has 0 aliphatic rings. The minimum Gasteiger partial charge on any atom is -0.481 e. The average molecular weight is 287 g/mol. The summed E-state index contributed by atoms with van der Waals surface area (Å²) < 4.78 is 5.18. The van der Waals surface area contributed by atoms with E-state index in [-0.39, 0.29) is 17.3 Å². The van der Waals surface area contributed by atoms with Crippen LogP contribution < -0.4 is 5.32 Å². The molecule has 0 unspecified atom stereocenters. The molecular formula is C15H29NO4. The van der Waals surface area contributed by atoms with E-state index in [2.05, 4.69) is 5.32 Å². The molecule has 0 fully saturated rings. The fourth-order valence-electron chi connectivity index (χ4n) is 2.46. The van der Waals surface area contributed by atoms with Gasteiger partial charge in [0.05, 0.1) is 6.42 Å². The van der Waals surface area contributed by atoms with Crippen molar-refractivity contribution in [3.05, 3.63) is 0 Å². The standard InChI is InChI=1S/C15H29NO4/c1-13(2,3)20-12(19)16-10-15(6,7)9-14(4,5)8-11(17)18/h8-10H2,1-7H3,(H,16,19)(H,17,18). The van der Waals surface area contributed by atoms with E-state index in [1.807, 2.05) is 48.5 Å². The van der Waals surface area contributed by atoms with E-state index in [0.717, 1.165) is 0 Å². The highest BCUT2D eigenvalue weighted by molar-refractivity contribution is 5.68. The third kappa shape index (κ3) is 9.64. The van der Waals surface area contributed by atoms with Gasteiger partial charge < -0.3 is 15.2 Å². The van der Waals surface area contributed by atoms with Crippen LogP contribution in [0.5, 0.6) is 0 Å². The molecule has 0 aromatic heterocycles. The summed E-state index contributed by atoms with van der Waals surface area (Å²) in [6.45, 7) is 13.8. The normalized spacial score (nSPS) is 12.9. The fraction of sp³-hybridized carbons (Fsp3) is 0.867. The summed E-state index contributed by atoms with van der Waals surface area (Å²) in [6.07, 6.45) is 0.368. The smallest absolute Gasteiger partial charge is 0.407 e. The molecule has 0 aliphatic heterocycles. The lowest BCUT2D eigenvalue weighted by atomic mass is 9.73. The highest BCUT2D eigenvalue weighted by Crippen LogP contribution is 2.35. The van der Waals surface area contributed by atoms with E-state index in [9.17, 15) is 9.59 Å². The van der Waals surface area contributed by atoms with Crippen LogP contribution in [0.3, 0.4) is 0 Å². The van der Waals surface area contributed by atoms with Crippen LogP contribution >= 0.6 is 0 Å². The Morgan fingerprint density at radius 2 is 1.50 bits per heavy atom. The Balaban J connectivity index is 4.39. The molecule has 0 atom stereocenters. The number of carboxylic acids is 1. The second-order valence-electron chi connectivity index (χ2n) is 7.93. The number of nitrogens with one attached hydrogen (secondary N) is 1. The van der Waals surface area contributed by atoms with E-state index in [4.69, 9.17) is 9.84 Å². The zero-order valence-electron chi connectivity index (χ0n) is 13.8. The van der Waals surface area contributed by atoms with Gasteiger partial charge in [-0.05, 0) is 38.0 Å². The zero-order chi connectivity index (χ0) is 16.2. The van der Waals surface area contributed by atoms with Gasteiger partial charge in [-0.3, -0.25) is 4.79 Å². The summed E-state index contributed by atoms with van der Waals surface area (Å²) in [5, 5.41) is 11.6. The third-order valence-electron chi connectivity index (χ3n) is 2.70. The van der Waals surface area contributed by atoms with Crippen molar-refractivity contribution in [3.8, 4) is 0 Å². The van der Waals surface area contributed by atoms with E-state index < -0.39 is 17.7 Å². The van der Waals surface area contributed by atoms with Gasteiger partial charge in [-0.1, -0.05) is 27.7 Å². The Morgan fingerprint density at radius 1 is 1.00 bits per heavy atom. The first-order chi connectivity index (χ1) is 8.72. The van der Waals surface area contributed by atoms with Crippen molar-refractivity contribution < 1.29 is 19.4 Å². The molecule has 5 heteroatoms. The Kier molecular flexibility index (Phi) is 6.05. The molecule has 0 aromatic carbocycles. The number of alkyl carbamates (subject to hydrolysis) is 1. The topological polar surface area (TPSA) is 75.6 Å². The summed E-state index contributed by atoms with van der Waals surface area (Å²) in [5.41, 5.74) is -1.03. The summed E-state index contributed by atoms with van der Waals surface area (Å²) in [4.78, 5) is 22.5. The lowest BCUT2D eigenvalue weighted by Gasteiger charge is -2.34. The Morgan fingerprint density at radius 3 is 1.90 bits per heavy atom. The first kappa shape index (κ1) is 18.7. The summed E-state index contributed by atoms with van der Waals surface area (Å²) in [6, 6.07) is 0. The summed E-state index contributed by atoms with van der Waals surface area (Å²) in [5.74, 6) is -0.800. The minimum absolute atomic E-state index is 0.114. The maximum atomic E-state index is 11.6. The first-order valence-corrected chi connectivity index (χ1v) is 6.91. The van der Waals surface area contributed by atoms with Crippen LogP contribution in [-0.2, 0) is 9.53 Å². The van der Waals surface area contributed by atoms with E-state index in [1.165, 1.54) is 0 Å². The Labute approximate surface area is 122 Å². The number of aliphatic carboxylic acids is 1. The van der Waals surface area contributed by atoms with Crippen LogP contribution in [0, 0.1) is 10.8 Å². The molecule has 5 nitrogen and oxygen atoms in total. The van der Waals surface area contributed by atoms with E-state index in [1.54, 1.807) is 0 Å². The summed E-state index contributed by atoms with van der Waals surface area (Å²) in [7, 11) is 0. The maximum Gasteiger partial charge on any atom is 0.407 e. The number of carbonyl (C=O) groups is 2. The van der Waals surface area contributed by atoms with Crippen molar-refractivity contribution in [1.29, 1.82) is 0 Å². The van der Waals surface area contributed by atoms with Gasteiger partial charge in [0.1, 0.15) is 5.60 Å². The first-order valence-electron chi connectivity index (χ1n) is 6.91. The van der Waals surface area contributed by atoms with Crippen molar-refractivity contribution in [3.63, 3.8) is 0 Å². The lowest BCUT2D eigenvalue weighted by Crippen LogP contribution is -2.39. The van der Waals surface area contributed by atoms with Crippen LogP contribution in [0.1, 0.15) is 61.3 Å². The molecule has 0 rings (SSSR count). The highest BCUT2D eigenvalue weighted by atomic mass is 16.6. The number of amides is 1. The average Bonchev–Trinajstić information content (AvgIpc) is 2.07. The highest BCUT2D eigenvalue weighted by Gasteiger charge is 2.31. The Bertz CT molecular complexity index is 353. The maximum absolute atomic E-state index is 11.6. The monoisotopic (exact) mass is 287 g/mol. The molecule has 0 radical (unpaired) electrons. The molecule has 0 aliphatic carbocycles. The number of hydrogen-bond donors (Lipinski definition) is 2. The van der Waals surface area contributed by atoms with E-state index in [0.29, 0.717) is 13.0 Å². The van der Waals surface area contributed by atoms with Gasteiger partial charge in [-0.25, -0.2) is 4.79 Å². The Hall–Kier alpha value is -1.26. The molecule has 2 N–H and O–H groups in total. The van der Waals surface area contributed by atoms with Gasteiger partial charge in [-0.15, -0.1) is 0 Å². The van der Waals surface area contributed by atoms with Gasteiger partial charge in [0.25, 0.3) is 0 Å². The van der Waals surface area contributed by atoms with Crippen LogP contribution in [0.2, 0.25) is 0 Å². The van der Waals surface area contributed by atoms with Crippen LogP contribution in [0.4, 0.5) is 4.79 Å². The molecule has 0 heterocycles. The summed E-state index contributed by atoms with van der Waals surface area (Å²) >= 11 is 0. The van der Waals surface area contributed by atoms with Gasteiger partial charge in [0.2, 0.25) is 0 Å². The molecule has 0 bridgehead atoms. The number of carbonyl (C=O) groups excluding carboxylic acids is 1. The number of carboxylic acid groups (broad SMARTS) is 1. The second-order valence-corrected chi connectivity index (χ2v) is 7.93. The van der Waals surface area contributed by atoms with Gasteiger partial charge in [-0.2, -0.15) is 0 Å². The van der Waals surface area contributed by atoms with Crippen molar-refractivity contribution in [2.75, 3.05) is 6.54 Å². The minimum atomic E-state index is -0.800. The lowest BCUT2D eigenvalue weighted by molar-refractivity contribution is -0.139. The van der Waals surface area contributed by atoms with E-state index >= 15 is 0 Å². The number of hydrogen-bond acceptors (Lipinski definition) is 3. The SMILES string of the molecule is CC(C)(CNC(=O)OC(C)(C)C)CC(C)(C)CC(=O)O. The number of ether oxygens (including phenoxy) is 1. The number of rotatable bonds is 6. The van der Waals surface area contributed by atoms with Crippen LogP contribution in [0.15, 0.2) is 0 Å². The molecule has 0 spiro atoms. The largest absolute Gasteiger partial charge is 0.481 e. The van der Waals surface area contributed by atoms with Gasteiger partial charge in [0, 0.05) is 6.54 Å². The van der Waals surface area contributed by atoms with Crippen LogP contribution in [-0.4, -0.2) is 29.3 Å². The molecule has 20 heavy (non-hydrogen) atoms. The molecule has 118 valence electrons. The molecule has 1 amide bonds. The zero-order valence-corrected chi connectivity index (χ0v) is 13.8. The quantitative estimate of drug-likeness (QED) is 0.784. The third-order valence-corrected chi connectivity index (χ3v) is 2.70. The predicted molar refractivity (Wildman–Crippen MR) is 78.7 cm³/mol. The van der Waals surface area contributed by atoms with Crippen molar-refractivity contribution in [2.45, 2.75) is 66.9 Å². The van der Waals surface area contributed by atoms with Gasteiger partial charge in [0.15, 0.2) is 0 Å². The van der Waals surface area contributed by atoms with Crippen molar-refractivity contribution in [2.24, 2.45) is 10.8 Å². The molecular weight excluding hydrogens is 258 g/mol. The molecule has 0 aromatic rings. The van der Waals surface area contributed by atoms with Crippen LogP contribution in [0.25, 0.3) is 0 Å². The van der Waals surface area contributed by atoms with Crippen molar-refractivity contribution in [1.82, 2.24) is 5.32 Å². The second kappa shape index (κ2) is 6.46. The molecule has 0 saturated heterocycles. The predicted octanol–water partition coefficient (Wildman–Crippen LogP) is 3.43. The fourth-order valence-corrected chi connectivity index (χ4v) is 2.46. The van der Waals surface area contributed by atoms with Crippen molar-refractivity contribution >= 4 is 12.1 Å². The molecule has 0 saturated carbocycles. The van der Waals surface area contributed by atoms with Gasteiger partial charge >= 0.3 is 12.1 Å².